The second kappa shape index (κ2) is 30.1. The highest BCUT2D eigenvalue weighted by molar-refractivity contribution is 8.03. The third kappa shape index (κ3) is 22.4. The number of rotatable bonds is 13. The summed E-state index contributed by atoms with van der Waals surface area (Å²) in [4.78, 5) is 7.01. The number of aliphatic imine (C=N–C) groups is 1. The van der Waals surface area contributed by atoms with Crippen molar-refractivity contribution in [3.8, 4) is 0 Å². The number of nitrogens with two attached hydrogens (primary N) is 1. The van der Waals surface area contributed by atoms with E-state index in [9.17, 15) is 0 Å². The fourth-order valence-electron chi connectivity index (χ4n) is 1.90. The van der Waals surface area contributed by atoms with Crippen molar-refractivity contribution in [2.75, 3.05) is 32.6 Å². The summed E-state index contributed by atoms with van der Waals surface area (Å²) < 4.78 is 0. The second-order valence-corrected chi connectivity index (χ2v) is 5.85. The van der Waals surface area contributed by atoms with E-state index in [0.717, 1.165) is 30.4 Å². The van der Waals surface area contributed by atoms with Crippen LogP contribution in [0.2, 0.25) is 0 Å². The van der Waals surface area contributed by atoms with E-state index in [1.54, 1.807) is 18.0 Å². The molecular weight excluding hydrogens is 366 g/mol. The van der Waals surface area contributed by atoms with Crippen molar-refractivity contribution in [3.05, 3.63) is 48.4 Å². The number of thioether (sulfide) groups is 1. The summed E-state index contributed by atoms with van der Waals surface area (Å²) in [5.41, 5.74) is 6.21. The lowest BCUT2D eigenvalue weighted by Crippen LogP contribution is -2.29. The molecule has 0 radical (unpaired) electrons. The van der Waals surface area contributed by atoms with Crippen molar-refractivity contribution in [1.82, 2.24) is 15.5 Å². The lowest BCUT2D eigenvalue weighted by Gasteiger charge is -2.20. The van der Waals surface area contributed by atoms with Gasteiger partial charge in [0.2, 0.25) is 0 Å². The van der Waals surface area contributed by atoms with Crippen LogP contribution in [0.4, 0.5) is 0 Å². The Morgan fingerprint density at radius 3 is 1.96 bits per heavy atom. The molecule has 0 unspecified atom stereocenters. The first-order valence-electron chi connectivity index (χ1n) is 10.2. The van der Waals surface area contributed by atoms with Crippen LogP contribution in [0, 0.1) is 0 Å². The van der Waals surface area contributed by atoms with Crippen LogP contribution in [0.5, 0.6) is 0 Å². The number of nitrogens with one attached hydrogen (secondary N) is 2. The molecular formula is C22H47N5S. The Morgan fingerprint density at radius 2 is 1.61 bits per heavy atom. The van der Waals surface area contributed by atoms with Gasteiger partial charge in [-0.15, -0.1) is 24.9 Å². The molecule has 0 amide bonds. The highest BCUT2D eigenvalue weighted by Gasteiger charge is 2.03. The zero-order chi connectivity index (χ0) is 22.8. The minimum absolute atomic E-state index is 0.506. The molecule has 0 saturated carbocycles. The first-order valence-corrected chi connectivity index (χ1v) is 11.1. The van der Waals surface area contributed by atoms with E-state index < -0.39 is 0 Å². The molecule has 0 heterocycles. The molecule has 4 N–H and O–H groups in total. The zero-order valence-electron chi connectivity index (χ0n) is 19.6. The number of nitrogens with zero attached hydrogens (tertiary/aromatic N) is 2. The maximum atomic E-state index is 5.70. The van der Waals surface area contributed by atoms with Crippen LogP contribution in [0.15, 0.2) is 53.4 Å². The molecule has 0 atom stereocenters. The van der Waals surface area contributed by atoms with Crippen LogP contribution in [0.25, 0.3) is 0 Å². The summed E-state index contributed by atoms with van der Waals surface area (Å²) >= 11 is 1.55. The highest BCUT2D eigenvalue weighted by Crippen LogP contribution is 2.18. The first kappa shape index (κ1) is 33.9. The van der Waals surface area contributed by atoms with Crippen LogP contribution in [0.3, 0.4) is 0 Å². The largest absolute Gasteiger partial charge is 0.398 e. The van der Waals surface area contributed by atoms with Gasteiger partial charge in [-0.2, -0.15) is 0 Å². The van der Waals surface area contributed by atoms with Crippen molar-refractivity contribution in [3.63, 3.8) is 0 Å². The maximum Gasteiger partial charge on any atom is 0.0962 e. The molecule has 0 fully saturated rings. The molecule has 0 spiro atoms. The molecule has 5 nitrogen and oxygen atoms in total. The van der Waals surface area contributed by atoms with Gasteiger partial charge in [-0.3, -0.25) is 9.89 Å². The van der Waals surface area contributed by atoms with Gasteiger partial charge in [-0.25, -0.2) is 0 Å². The number of hydrogen-bond donors (Lipinski definition) is 3. The Hall–Kier alpha value is -1.66. The first-order chi connectivity index (χ1) is 13.6. The molecule has 0 aliphatic carbocycles. The van der Waals surface area contributed by atoms with E-state index >= 15 is 0 Å². The average Bonchev–Trinajstić information content (AvgIpc) is 2.74. The predicted octanol–water partition coefficient (Wildman–Crippen LogP) is 5.32. The van der Waals surface area contributed by atoms with Gasteiger partial charge in [0, 0.05) is 30.4 Å². The van der Waals surface area contributed by atoms with Gasteiger partial charge < -0.3 is 16.4 Å². The third-order valence-electron chi connectivity index (χ3n) is 2.92. The van der Waals surface area contributed by atoms with Crippen molar-refractivity contribution < 1.29 is 0 Å². The van der Waals surface area contributed by atoms with Crippen molar-refractivity contribution in [2.45, 2.75) is 54.4 Å². The molecule has 0 rings (SSSR count). The van der Waals surface area contributed by atoms with E-state index in [2.05, 4.69) is 66.9 Å². The molecule has 0 aliphatic rings. The Balaban J connectivity index is -0.000000434. The Labute approximate surface area is 180 Å². The Morgan fingerprint density at radius 1 is 1.11 bits per heavy atom. The molecule has 0 aromatic rings. The van der Waals surface area contributed by atoms with Gasteiger partial charge in [0.1, 0.15) is 0 Å². The summed E-state index contributed by atoms with van der Waals surface area (Å²) in [5.74, 6) is 1.70. The average molecular weight is 414 g/mol. The van der Waals surface area contributed by atoms with E-state index in [4.69, 9.17) is 5.73 Å². The molecule has 0 aromatic carbocycles. The van der Waals surface area contributed by atoms with E-state index in [-0.39, 0.29) is 0 Å². The van der Waals surface area contributed by atoms with Gasteiger partial charge in [0.25, 0.3) is 0 Å². The minimum atomic E-state index is 0.506. The predicted molar refractivity (Wildman–Crippen MR) is 135 cm³/mol. The van der Waals surface area contributed by atoms with Crippen LogP contribution in [-0.2, 0) is 0 Å². The molecule has 0 aliphatic heterocycles. The lowest BCUT2D eigenvalue weighted by atomic mass is 10.3. The summed E-state index contributed by atoms with van der Waals surface area (Å²) in [5, 5.41) is 6.52. The normalized spacial score (nSPS) is 10.3. The van der Waals surface area contributed by atoms with Crippen molar-refractivity contribution in [2.24, 2.45) is 10.7 Å². The quantitative estimate of drug-likeness (QED) is 0.165. The summed E-state index contributed by atoms with van der Waals surface area (Å²) in [6.45, 7) is 28.8. The van der Waals surface area contributed by atoms with Crippen LogP contribution >= 0.6 is 11.8 Å². The topological polar surface area (TPSA) is 65.7 Å². The summed E-state index contributed by atoms with van der Waals surface area (Å²) in [6, 6.07) is 0. The highest BCUT2D eigenvalue weighted by atomic mass is 32.2. The van der Waals surface area contributed by atoms with E-state index in [1.165, 1.54) is 12.8 Å². The van der Waals surface area contributed by atoms with E-state index in [1.807, 2.05) is 34.7 Å². The van der Waals surface area contributed by atoms with Gasteiger partial charge in [-0.1, -0.05) is 48.1 Å². The minimum Gasteiger partial charge on any atom is -0.398 e. The van der Waals surface area contributed by atoms with Crippen molar-refractivity contribution in [1.29, 1.82) is 0 Å². The molecule has 0 aromatic heterocycles. The molecule has 6 heteroatoms. The van der Waals surface area contributed by atoms with E-state index in [0.29, 0.717) is 11.6 Å². The second-order valence-electron chi connectivity index (χ2n) is 4.84. The molecule has 166 valence electrons. The summed E-state index contributed by atoms with van der Waals surface area (Å²) in [7, 11) is 1.91. The van der Waals surface area contributed by atoms with Crippen LogP contribution in [-0.4, -0.2) is 44.2 Å². The SMILES string of the molecule is C=C.C=N/C=C(\SCN/C(=C/CN(CCC)CCC)NC)C(=C)N.CC.CC. The molecule has 0 bridgehead atoms. The smallest absolute Gasteiger partial charge is 0.0962 e. The third-order valence-corrected chi connectivity index (χ3v) is 3.89. The van der Waals surface area contributed by atoms with Crippen LogP contribution < -0.4 is 16.4 Å². The van der Waals surface area contributed by atoms with Gasteiger partial charge in [-0.05, 0) is 38.7 Å². The Bertz CT molecular complexity index is 400. The van der Waals surface area contributed by atoms with Gasteiger partial charge in [0.05, 0.1) is 11.7 Å². The van der Waals surface area contributed by atoms with Crippen LogP contribution in [0.1, 0.15) is 54.4 Å². The molecule has 0 saturated heterocycles. The molecule has 28 heavy (non-hydrogen) atoms. The summed E-state index contributed by atoms with van der Waals surface area (Å²) in [6.07, 6.45) is 6.15. The lowest BCUT2D eigenvalue weighted by molar-refractivity contribution is 0.302. The van der Waals surface area contributed by atoms with Crippen molar-refractivity contribution >= 4 is 18.5 Å². The number of hydrogen-bond acceptors (Lipinski definition) is 6. The fourth-order valence-corrected chi connectivity index (χ4v) is 2.61. The standard InChI is InChI=1S/C16H31N5S.2C2H6.C2H4/c1-6-9-21(10-7-2)11-8-16(19-5)20-13-22-15(12-18-4)14(3)17;3*1-2/h8,12,19-20H,3-4,6-7,9-11,13,17H2,1-2,5H3;2*1-2H3;1-2H2/b15-12-,16-8+;;;. The van der Waals surface area contributed by atoms with Gasteiger partial charge >= 0.3 is 0 Å². The zero-order valence-corrected chi connectivity index (χ0v) is 20.4. The van der Waals surface area contributed by atoms with Gasteiger partial charge in [0.15, 0.2) is 0 Å². The monoisotopic (exact) mass is 413 g/mol. The maximum absolute atomic E-state index is 5.70. The Kier molecular flexibility index (Phi) is 36.4. The fraction of sp³-hybridized carbons (Fsp3) is 0.591.